The average Bonchev–Trinajstić information content (AvgIpc) is 2.36. The van der Waals surface area contributed by atoms with E-state index >= 15 is 0 Å². The summed E-state index contributed by atoms with van der Waals surface area (Å²) in [5, 5.41) is -0.0487. The fourth-order valence-corrected chi connectivity index (χ4v) is 6.73. The first kappa shape index (κ1) is 20.4. The van der Waals surface area contributed by atoms with Gasteiger partial charge >= 0.3 is 0 Å². The number of hydrogen-bond donors (Lipinski definition) is 1. The highest BCUT2D eigenvalue weighted by molar-refractivity contribution is 7.91. The van der Waals surface area contributed by atoms with Crippen LogP contribution < -0.4 is 4.39 Å². The molecule has 0 aliphatic rings. The molecule has 0 unspecified atom stereocenters. The lowest BCUT2D eigenvalue weighted by Crippen LogP contribution is -2.54. The first-order valence-electron chi connectivity index (χ1n) is 7.93. The van der Waals surface area contributed by atoms with E-state index in [4.69, 9.17) is 0 Å². The second-order valence-electron chi connectivity index (χ2n) is 8.46. The van der Waals surface area contributed by atoms with Crippen LogP contribution in [0.1, 0.15) is 40.2 Å². The van der Waals surface area contributed by atoms with Crippen molar-refractivity contribution in [3.8, 4) is 0 Å². The highest BCUT2D eigenvalue weighted by atomic mass is 32.2. The maximum absolute atomic E-state index is 12.7. The summed E-state index contributed by atoms with van der Waals surface area (Å²) in [6, 6.07) is 7.21. The number of rotatable bonds is 5. The largest absolute Gasteiger partial charge is 0.300 e. The van der Waals surface area contributed by atoms with Crippen molar-refractivity contribution in [2.45, 2.75) is 63.2 Å². The molecule has 0 aliphatic carbocycles. The Morgan fingerprint density at radius 1 is 0.957 bits per heavy atom. The number of benzene rings is 1. The van der Waals surface area contributed by atoms with Crippen LogP contribution in [0.15, 0.2) is 29.2 Å². The average molecular weight is 357 g/mol. The topological polar surface area (TPSA) is 49.4 Å². The lowest BCUT2D eigenvalue weighted by molar-refractivity contribution is 0.197. The van der Waals surface area contributed by atoms with Gasteiger partial charge < -0.3 is 4.90 Å². The molecule has 0 fully saturated rings. The Kier molecular flexibility index (Phi) is 5.59. The lowest BCUT2D eigenvalue weighted by Gasteiger charge is -2.37. The summed E-state index contributed by atoms with van der Waals surface area (Å²) < 4.78 is 28.4. The van der Waals surface area contributed by atoms with Crippen molar-refractivity contribution in [1.29, 1.82) is 0 Å². The molecule has 0 atom stereocenters. The van der Waals surface area contributed by atoms with E-state index < -0.39 is 18.3 Å². The fraction of sp³-hybridized carbons (Fsp3) is 0.647. The van der Waals surface area contributed by atoms with Gasteiger partial charge in [-0.3, -0.25) is 0 Å². The smallest absolute Gasteiger partial charge is 0.234 e. The molecule has 0 saturated carbocycles. The number of nitrogens with zero attached hydrogens (tertiary/aromatic N) is 1. The van der Waals surface area contributed by atoms with E-state index in [1.54, 1.807) is 12.1 Å². The zero-order valence-electron chi connectivity index (χ0n) is 16.0. The molecule has 0 spiro atoms. The van der Waals surface area contributed by atoms with E-state index in [2.05, 4.69) is 43.9 Å². The summed E-state index contributed by atoms with van der Waals surface area (Å²) in [6.45, 7) is 14.6. The molecule has 4 nitrogen and oxygen atoms in total. The van der Waals surface area contributed by atoms with Crippen LogP contribution in [-0.2, 0) is 15.6 Å². The van der Waals surface area contributed by atoms with Crippen molar-refractivity contribution in [2.75, 3.05) is 14.1 Å². The SMILES string of the molecule is CN(C)C(C)(C)c1ccc(S(=O)(=O)N[Si](C)(C)C(C)(C)C)cc1. The second-order valence-corrected chi connectivity index (χ2v) is 15.5. The molecule has 0 radical (unpaired) electrons. The monoisotopic (exact) mass is 356 g/mol. The van der Waals surface area contributed by atoms with Crippen molar-refractivity contribution >= 4 is 18.3 Å². The molecule has 1 N–H and O–H groups in total. The summed E-state index contributed by atoms with van der Waals surface area (Å²) in [6.07, 6.45) is 0. The van der Waals surface area contributed by atoms with Gasteiger partial charge in [0, 0.05) is 5.54 Å². The van der Waals surface area contributed by atoms with E-state index in [-0.39, 0.29) is 10.6 Å². The Morgan fingerprint density at radius 2 is 1.39 bits per heavy atom. The Labute approximate surface area is 143 Å². The van der Waals surface area contributed by atoms with Crippen LogP contribution in [0, 0.1) is 0 Å². The third kappa shape index (κ3) is 4.44. The summed E-state index contributed by atoms with van der Waals surface area (Å²) in [5.41, 5.74) is 0.948. The van der Waals surface area contributed by atoms with E-state index in [0.29, 0.717) is 4.90 Å². The fourth-order valence-electron chi connectivity index (χ4n) is 1.85. The number of nitrogens with one attached hydrogen (secondary N) is 1. The summed E-state index contributed by atoms with van der Waals surface area (Å²) in [7, 11) is -1.59. The molecule has 1 aromatic carbocycles. The van der Waals surface area contributed by atoms with Crippen LogP contribution in [0.5, 0.6) is 0 Å². The van der Waals surface area contributed by atoms with E-state index in [9.17, 15) is 8.42 Å². The quantitative estimate of drug-likeness (QED) is 0.817. The van der Waals surface area contributed by atoms with Gasteiger partial charge in [0.25, 0.3) is 0 Å². The normalized spacial score (nSPS) is 14.3. The van der Waals surface area contributed by atoms with Gasteiger partial charge in [-0.2, -0.15) is 0 Å². The minimum Gasteiger partial charge on any atom is -0.300 e. The van der Waals surface area contributed by atoms with Crippen LogP contribution >= 0.6 is 0 Å². The Morgan fingerprint density at radius 3 is 1.74 bits per heavy atom. The van der Waals surface area contributed by atoms with Crippen LogP contribution in [0.4, 0.5) is 0 Å². The van der Waals surface area contributed by atoms with Gasteiger partial charge in [-0.15, -0.1) is 0 Å². The standard InChI is InChI=1S/C17H32N2O2SSi/c1-16(2,3)23(8,9)18-22(20,21)15-12-10-14(11-13-15)17(4,5)19(6)7/h10-13,18H,1-9H3. The summed E-state index contributed by atoms with van der Waals surface area (Å²) >= 11 is 0. The second kappa shape index (κ2) is 6.31. The van der Waals surface area contributed by atoms with Gasteiger partial charge in [-0.25, -0.2) is 12.8 Å². The Bertz CT molecular complexity index is 642. The van der Waals surface area contributed by atoms with Gasteiger partial charge in [0.15, 0.2) is 0 Å². The van der Waals surface area contributed by atoms with Crippen LogP contribution in [-0.4, -0.2) is 35.6 Å². The zero-order chi connectivity index (χ0) is 18.3. The Hall–Kier alpha value is -0.693. The molecule has 0 aromatic heterocycles. The third-order valence-electron chi connectivity index (χ3n) is 5.25. The van der Waals surface area contributed by atoms with Crippen molar-refractivity contribution in [3.05, 3.63) is 29.8 Å². The van der Waals surface area contributed by atoms with E-state index in [1.807, 2.05) is 39.3 Å². The number of hydrogen-bond acceptors (Lipinski definition) is 3. The minimum atomic E-state index is -3.49. The molecular weight excluding hydrogens is 324 g/mol. The molecule has 6 heteroatoms. The molecule has 0 bridgehead atoms. The number of sulfonamides is 1. The molecular formula is C17H32N2O2SSi. The molecule has 0 amide bonds. The molecule has 0 heterocycles. The highest BCUT2D eigenvalue weighted by Crippen LogP contribution is 2.35. The van der Waals surface area contributed by atoms with Gasteiger partial charge in [-0.1, -0.05) is 46.0 Å². The maximum atomic E-state index is 12.7. The van der Waals surface area contributed by atoms with Crippen LogP contribution in [0.25, 0.3) is 0 Å². The Balaban J connectivity index is 3.13. The maximum Gasteiger partial charge on any atom is 0.234 e. The first-order chi connectivity index (χ1) is 10.1. The highest BCUT2D eigenvalue weighted by Gasteiger charge is 2.39. The van der Waals surface area contributed by atoms with Crippen molar-refractivity contribution < 1.29 is 8.42 Å². The van der Waals surface area contributed by atoms with E-state index in [0.717, 1.165) is 5.56 Å². The van der Waals surface area contributed by atoms with Crippen molar-refractivity contribution in [3.63, 3.8) is 0 Å². The molecule has 132 valence electrons. The molecule has 1 aromatic rings. The van der Waals surface area contributed by atoms with E-state index in [1.165, 1.54) is 0 Å². The van der Waals surface area contributed by atoms with Crippen LogP contribution in [0.2, 0.25) is 18.1 Å². The molecule has 1 rings (SSSR count). The predicted molar refractivity (Wildman–Crippen MR) is 101 cm³/mol. The third-order valence-corrected chi connectivity index (χ3v) is 13.0. The van der Waals surface area contributed by atoms with Crippen LogP contribution in [0.3, 0.4) is 0 Å². The van der Waals surface area contributed by atoms with Gasteiger partial charge in [0.05, 0.1) is 4.90 Å². The van der Waals surface area contributed by atoms with Gasteiger partial charge in [0.1, 0.15) is 8.24 Å². The van der Waals surface area contributed by atoms with Gasteiger partial charge in [0.2, 0.25) is 10.0 Å². The van der Waals surface area contributed by atoms with Crippen molar-refractivity contribution in [1.82, 2.24) is 9.29 Å². The molecule has 23 heavy (non-hydrogen) atoms. The molecule has 0 saturated heterocycles. The summed E-state index contributed by atoms with van der Waals surface area (Å²) in [5.74, 6) is 0. The van der Waals surface area contributed by atoms with Gasteiger partial charge in [-0.05, 0) is 50.7 Å². The molecule has 0 aliphatic heterocycles. The predicted octanol–water partition coefficient (Wildman–Crippen LogP) is 3.77. The lowest BCUT2D eigenvalue weighted by atomic mass is 9.93. The summed E-state index contributed by atoms with van der Waals surface area (Å²) in [4.78, 5) is 2.45. The minimum absolute atomic E-state index is 0.0487. The zero-order valence-corrected chi connectivity index (χ0v) is 17.8. The first-order valence-corrected chi connectivity index (χ1v) is 12.4. The van der Waals surface area contributed by atoms with Crippen molar-refractivity contribution in [2.24, 2.45) is 0 Å².